The molecule has 0 saturated carbocycles. The summed E-state index contributed by atoms with van der Waals surface area (Å²) in [6.45, 7) is 5.75. The minimum Gasteiger partial charge on any atom is -0.373 e. The Labute approximate surface area is 187 Å². The van der Waals surface area contributed by atoms with E-state index in [0.29, 0.717) is 24.5 Å². The maximum atomic E-state index is 14.8. The third-order valence-corrected chi connectivity index (χ3v) is 6.19. The first-order valence-electron chi connectivity index (χ1n) is 11.1. The fourth-order valence-corrected chi connectivity index (χ4v) is 4.17. The van der Waals surface area contributed by atoms with Gasteiger partial charge in [-0.25, -0.2) is 13.2 Å². The van der Waals surface area contributed by atoms with E-state index in [4.69, 9.17) is 14.2 Å². The lowest BCUT2D eigenvalue weighted by atomic mass is 9.93. The van der Waals surface area contributed by atoms with Gasteiger partial charge >= 0.3 is 0 Å². The highest BCUT2D eigenvalue weighted by molar-refractivity contribution is 5.65. The molecule has 6 heteroatoms. The molecule has 2 atom stereocenters. The van der Waals surface area contributed by atoms with Gasteiger partial charge in [0, 0.05) is 17.9 Å². The van der Waals surface area contributed by atoms with Crippen LogP contribution in [0.4, 0.5) is 13.2 Å². The molecule has 0 aromatic heterocycles. The topological polar surface area (TPSA) is 27.7 Å². The summed E-state index contributed by atoms with van der Waals surface area (Å²) >= 11 is 0. The molecule has 2 aromatic carbocycles. The number of ether oxygens (including phenoxy) is 3. The quantitative estimate of drug-likeness (QED) is 0.486. The van der Waals surface area contributed by atoms with Crippen LogP contribution in [0.1, 0.15) is 43.4 Å². The Bertz CT molecular complexity index is 924. The number of hydrogen-bond donors (Lipinski definition) is 0. The van der Waals surface area contributed by atoms with Crippen LogP contribution in [0.25, 0.3) is 11.1 Å². The second kappa shape index (κ2) is 9.77. The molecule has 2 unspecified atom stereocenters. The second-order valence-electron chi connectivity index (χ2n) is 8.92. The van der Waals surface area contributed by atoms with Gasteiger partial charge in [0.05, 0.1) is 25.9 Å². The Hall–Kier alpha value is -2.15. The van der Waals surface area contributed by atoms with Crippen molar-refractivity contribution in [3.05, 3.63) is 71.8 Å². The van der Waals surface area contributed by atoms with Crippen molar-refractivity contribution in [3.8, 4) is 11.1 Å². The average molecular weight is 447 g/mol. The second-order valence-corrected chi connectivity index (χ2v) is 8.92. The van der Waals surface area contributed by atoms with Gasteiger partial charge in [0.2, 0.25) is 0 Å². The van der Waals surface area contributed by atoms with Crippen LogP contribution in [0.3, 0.4) is 0 Å². The van der Waals surface area contributed by atoms with E-state index in [2.05, 4.69) is 6.58 Å². The zero-order chi connectivity index (χ0) is 22.7. The van der Waals surface area contributed by atoms with Crippen LogP contribution in [0, 0.1) is 17.6 Å². The summed E-state index contributed by atoms with van der Waals surface area (Å²) in [4.78, 5) is 0. The average Bonchev–Trinajstić information content (AvgIpc) is 2.81. The Kier molecular flexibility index (Phi) is 7.03. The molecule has 2 aromatic rings. The van der Waals surface area contributed by atoms with Gasteiger partial charge in [0.25, 0.3) is 0 Å². The zero-order valence-corrected chi connectivity index (χ0v) is 18.3. The van der Waals surface area contributed by atoms with Gasteiger partial charge in [-0.2, -0.15) is 0 Å². The van der Waals surface area contributed by atoms with E-state index in [1.807, 2.05) is 18.2 Å². The minimum absolute atomic E-state index is 0.0173. The molecule has 0 aliphatic carbocycles. The Morgan fingerprint density at radius 1 is 1.00 bits per heavy atom. The van der Waals surface area contributed by atoms with Crippen molar-refractivity contribution in [2.45, 2.75) is 50.7 Å². The van der Waals surface area contributed by atoms with Crippen molar-refractivity contribution >= 4 is 0 Å². The number of alkyl halides is 1. The van der Waals surface area contributed by atoms with Crippen molar-refractivity contribution < 1.29 is 27.4 Å². The molecule has 32 heavy (non-hydrogen) atoms. The van der Waals surface area contributed by atoms with Crippen LogP contribution >= 0.6 is 0 Å². The van der Waals surface area contributed by atoms with Crippen LogP contribution in [0.15, 0.2) is 49.1 Å². The van der Waals surface area contributed by atoms with E-state index in [1.165, 1.54) is 6.92 Å². The molecule has 0 spiro atoms. The van der Waals surface area contributed by atoms with Crippen molar-refractivity contribution in [2.75, 3.05) is 19.8 Å². The lowest BCUT2D eigenvalue weighted by Crippen LogP contribution is -2.41. The fraction of sp³-hybridized carbons (Fsp3) is 0.462. The normalized spacial score (nSPS) is 28.4. The molecular formula is C26H29F3O3. The highest BCUT2D eigenvalue weighted by Crippen LogP contribution is 2.33. The zero-order valence-electron chi connectivity index (χ0n) is 18.3. The summed E-state index contributed by atoms with van der Waals surface area (Å²) in [6.07, 6.45) is 3.83. The van der Waals surface area contributed by atoms with Gasteiger partial charge in [0.15, 0.2) is 23.6 Å². The molecule has 4 rings (SSSR count). The SMILES string of the molecule is C=CC1CCC(c2ccc(-c3ccc(CCC4OCC(C)(F)CO4)c(F)c3F)cc2)OC1. The monoisotopic (exact) mass is 446 g/mol. The number of aryl methyl sites for hydroxylation is 1. The summed E-state index contributed by atoms with van der Waals surface area (Å²) in [5.74, 6) is -1.36. The van der Waals surface area contributed by atoms with E-state index in [0.717, 1.165) is 18.4 Å². The first kappa shape index (κ1) is 23.0. The molecule has 2 heterocycles. The molecule has 0 bridgehead atoms. The molecule has 3 nitrogen and oxygen atoms in total. The van der Waals surface area contributed by atoms with Crippen LogP contribution in [0.2, 0.25) is 0 Å². The molecule has 172 valence electrons. The van der Waals surface area contributed by atoms with E-state index in [1.54, 1.807) is 24.3 Å². The molecule has 0 radical (unpaired) electrons. The van der Waals surface area contributed by atoms with Gasteiger partial charge in [-0.15, -0.1) is 6.58 Å². The van der Waals surface area contributed by atoms with Gasteiger partial charge in [0.1, 0.15) is 0 Å². The fourth-order valence-electron chi connectivity index (χ4n) is 4.17. The van der Waals surface area contributed by atoms with Crippen molar-refractivity contribution in [3.63, 3.8) is 0 Å². The molecule has 2 saturated heterocycles. The summed E-state index contributed by atoms with van der Waals surface area (Å²) in [6, 6.07) is 10.6. The number of halogens is 3. The van der Waals surface area contributed by atoms with Gasteiger partial charge in [-0.1, -0.05) is 42.5 Å². The standard InChI is InChI=1S/C26H29F3O3/c1-3-17-4-12-22(30-14-17)19-7-5-18(6-8-19)21-11-9-20(24(27)25(21)28)10-13-23-31-15-26(2,29)16-32-23/h3,5-9,11,17,22-23H,1,4,10,12-16H2,2H3. The lowest BCUT2D eigenvalue weighted by Gasteiger charge is -2.31. The van der Waals surface area contributed by atoms with Crippen LogP contribution in [-0.4, -0.2) is 31.8 Å². The van der Waals surface area contributed by atoms with Gasteiger partial charge in [-0.3, -0.25) is 0 Å². The summed E-state index contributed by atoms with van der Waals surface area (Å²) < 4.78 is 59.8. The lowest BCUT2D eigenvalue weighted by molar-refractivity contribution is -0.230. The molecule has 0 N–H and O–H groups in total. The van der Waals surface area contributed by atoms with Crippen LogP contribution < -0.4 is 0 Å². The molecule has 0 amide bonds. The van der Waals surface area contributed by atoms with Crippen molar-refractivity contribution in [1.82, 2.24) is 0 Å². The Morgan fingerprint density at radius 3 is 2.34 bits per heavy atom. The van der Waals surface area contributed by atoms with Crippen LogP contribution in [-0.2, 0) is 20.6 Å². The number of hydrogen-bond acceptors (Lipinski definition) is 3. The predicted molar refractivity (Wildman–Crippen MR) is 117 cm³/mol. The van der Waals surface area contributed by atoms with Gasteiger partial charge in [-0.05, 0) is 42.9 Å². The smallest absolute Gasteiger partial charge is 0.166 e. The van der Waals surface area contributed by atoms with E-state index in [-0.39, 0.29) is 36.9 Å². The highest BCUT2D eigenvalue weighted by atomic mass is 19.2. The maximum Gasteiger partial charge on any atom is 0.166 e. The molecular weight excluding hydrogens is 417 g/mol. The largest absolute Gasteiger partial charge is 0.373 e. The minimum atomic E-state index is -1.51. The molecule has 2 aliphatic rings. The first-order chi connectivity index (χ1) is 15.4. The molecule has 2 fully saturated rings. The molecule has 2 aliphatic heterocycles. The first-order valence-corrected chi connectivity index (χ1v) is 11.1. The predicted octanol–water partition coefficient (Wildman–Crippen LogP) is 6.32. The summed E-state index contributed by atoms with van der Waals surface area (Å²) in [7, 11) is 0. The Balaban J connectivity index is 1.40. The van der Waals surface area contributed by atoms with Gasteiger partial charge < -0.3 is 14.2 Å². The van der Waals surface area contributed by atoms with E-state index in [9.17, 15) is 13.2 Å². The van der Waals surface area contributed by atoms with Crippen molar-refractivity contribution in [2.24, 2.45) is 5.92 Å². The summed E-state index contributed by atoms with van der Waals surface area (Å²) in [5.41, 5.74) is 0.592. The Morgan fingerprint density at radius 2 is 1.72 bits per heavy atom. The third kappa shape index (κ3) is 5.25. The third-order valence-electron chi connectivity index (χ3n) is 6.19. The van der Waals surface area contributed by atoms with Crippen molar-refractivity contribution in [1.29, 1.82) is 0 Å². The maximum absolute atomic E-state index is 14.8. The van der Waals surface area contributed by atoms with E-state index >= 15 is 0 Å². The number of rotatable bonds is 6. The summed E-state index contributed by atoms with van der Waals surface area (Å²) in [5, 5.41) is 0. The highest BCUT2D eigenvalue weighted by Gasteiger charge is 2.32. The number of benzene rings is 2. The van der Waals surface area contributed by atoms with Crippen LogP contribution in [0.5, 0.6) is 0 Å². The van der Waals surface area contributed by atoms with E-state index < -0.39 is 23.6 Å².